The SMILES string of the molecule is N#C/C(=C\c1ccc(Cc2cccc(F)c2)c(Br)c1)C(=O)Nc1cccc(C(F)(F)F)c1. The van der Waals surface area contributed by atoms with Crippen molar-refractivity contribution in [3.8, 4) is 6.07 Å². The van der Waals surface area contributed by atoms with Gasteiger partial charge in [-0.15, -0.1) is 0 Å². The highest BCUT2D eigenvalue weighted by Crippen LogP contribution is 2.31. The Morgan fingerprint density at radius 1 is 1.06 bits per heavy atom. The van der Waals surface area contributed by atoms with E-state index < -0.39 is 17.6 Å². The van der Waals surface area contributed by atoms with Crippen LogP contribution in [0.3, 0.4) is 0 Å². The minimum Gasteiger partial charge on any atom is -0.321 e. The fraction of sp³-hybridized carbons (Fsp3) is 0.0833. The summed E-state index contributed by atoms with van der Waals surface area (Å²) in [6, 6.07) is 17.3. The van der Waals surface area contributed by atoms with Gasteiger partial charge in [0.05, 0.1) is 5.56 Å². The molecule has 0 radical (unpaired) electrons. The van der Waals surface area contributed by atoms with Crippen LogP contribution in [-0.4, -0.2) is 5.91 Å². The van der Waals surface area contributed by atoms with Gasteiger partial charge in [0.2, 0.25) is 0 Å². The molecule has 0 aliphatic rings. The molecule has 0 atom stereocenters. The zero-order valence-electron chi connectivity index (χ0n) is 16.4. The number of alkyl halides is 3. The van der Waals surface area contributed by atoms with E-state index in [1.807, 2.05) is 0 Å². The van der Waals surface area contributed by atoms with Crippen molar-refractivity contribution in [2.45, 2.75) is 12.6 Å². The number of benzene rings is 3. The molecule has 0 aromatic heterocycles. The number of carbonyl (C=O) groups is 1. The van der Waals surface area contributed by atoms with Crippen molar-refractivity contribution in [1.29, 1.82) is 5.26 Å². The van der Waals surface area contributed by atoms with Crippen LogP contribution in [0.15, 0.2) is 76.8 Å². The first kappa shape index (κ1) is 23.2. The largest absolute Gasteiger partial charge is 0.416 e. The molecule has 1 N–H and O–H groups in total. The van der Waals surface area contributed by atoms with Gasteiger partial charge in [0.25, 0.3) is 5.91 Å². The minimum atomic E-state index is -4.55. The number of carbonyl (C=O) groups excluding carboxylic acids is 1. The summed E-state index contributed by atoms with van der Waals surface area (Å²) in [6.45, 7) is 0. The zero-order valence-corrected chi connectivity index (χ0v) is 18.0. The van der Waals surface area contributed by atoms with E-state index in [1.54, 1.807) is 36.4 Å². The number of nitrogens with one attached hydrogen (secondary N) is 1. The van der Waals surface area contributed by atoms with Gasteiger partial charge in [-0.3, -0.25) is 4.79 Å². The summed E-state index contributed by atoms with van der Waals surface area (Å²) < 4.78 is 52.6. The molecule has 0 unspecified atom stereocenters. The van der Waals surface area contributed by atoms with Crippen LogP contribution in [0.25, 0.3) is 6.08 Å². The lowest BCUT2D eigenvalue weighted by Crippen LogP contribution is -2.14. The van der Waals surface area contributed by atoms with E-state index in [4.69, 9.17) is 0 Å². The minimum absolute atomic E-state index is 0.0717. The molecule has 3 aromatic rings. The highest BCUT2D eigenvalue weighted by Gasteiger charge is 2.30. The fourth-order valence-corrected chi connectivity index (χ4v) is 3.49. The Morgan fingerprint density at radius 3 is 2.47 bits per heavy atom. The molecule has 0 spiro atoms. The smallest absolute Gasteiger partial charge is 0.321 e. The van der Waals surface area contributed by atoms with Crippen LogP contribution in [0, 0.1) is 17.1 Å². The Kier molecular flexibility index (Phi) is 7.11. The van der Waals surface area contributed by atoms with Crippen LogP contribution in [0.2, 0.25) is 0 Å². The van der Waals surface area contributed by atoms with Crippen LogP contribution in [0.4, 0.5) is 23.2 Å². The van der Waals surface area contributed by atoms with Gasteiger partial charge in [-0.05, 0) is 65.6 Å². The second-order valence-electron chi connectivity index (χ2n) is 6.86. The summed E-state index contributed by atoms with van der Waals surface area (Å²) in [4.78, 5) is 12.4. The second kappa shape index (κ2) is 9.79. The molecule has 8 heteroatoms. The van der Waals surface area contributed by atoms with Crippen LogP contribution in [0.5, 0.6) is 0 Å². The first-order valence-corrected chi connectivity index (χ1v) is 10.1. The van der Waals surface area contributed by atoms with Crippen LogP contribution >= 0.6 is 15.9 Å². The first-order chi connectivity index (χ1) is 15.2. The number of halogens is 5. The predicted octanol–water partition coefficient (Wildman–Crippen LogP) is 6.74. The number of hydrogen-bond donors (Lipinski definition) is 1. The third kappa shape index (κ3) is 6.05. The molecular weight excluding hydrogens is 488 g/mol. The van der Waals surface area contributed by atoms with Gasteiger partial charge in [0.15, 0.2) is 0 Å². The van der Waals surface area contributed by atoms with Crippen LogP contribution in [0.1, 0.15) is 22.3 Å². The van der Waals surface area contributed by atoms with E-state index in [-0.39, 0.29) is 17.1 Å². The molecule has 3 rings (SSSR count). The molecule has 162 valence electrons. The molecule has 0 heterocycles. The summed E-state index contributed by atoms with van der Waals surface area (Å²) >= 11 is 3.44. The van der Waals surface area contributed by atoms with Gasteiger partial charge < -0.3 is 5.32 Å². The molecule has 0 aliphatic carbocycles. The number of amides is 1. The summed E-state index contributed by atoms with van der Waals surface area (Å²) in [5.41, 5.74) is 0.947. The van der Waals surface area contributed by atoms with Gasteiger partial charge in [-0.25, -0.2) is 4.39 Å². The zero-order chi connectivity index (χ0) is 23.3. The quantitative estimate of drug-likeness (QED) is 0.238. The standard InChI is InChI=1S/C24H15BrF4N2O/c25-22-12-16(7-8-17(22)9-15-3-1-5-20(26)11-15)10-18(14-30)23(32)31-21-6-2-4-19(13-21)24(27,28)29/h1-8,10-13H,9H2,(H,31,32)/b18-10+. The highest BCUT2D eigenvalue weighted by molar-refractivity contribution is 9.10. The number of hydrogen-bond acceptors (Lipinski definition) is 2. The van der Waals surface area contributed by atoms with E-state index in [2.05, 4.69) is 21.2 Å². The molecule has 0 aliphatic heterocycles. The number of nitriles is 1. The third-order valence-corrected chi connectivity index (χ3v) is 5.22. The van der Waals surface area contributed by atoms with Crippen LogP contribution < -0.4 is 5.32 Å². The Balaban J connectivity index is 1.78. The summed E-state index contributed by atoms with van der Waals surface area (Å²) in [5.74, 6) is -1.16. The molecule has 0 fully saturated rings. The van der Waals surface area contributed by atoms with Gasteiger partial charge in [0.1, 0.15) is 17.5 Å². The molecule has 0 saturated heterocycles. The van der Waals surface area contributed by atoms with E-state index in [0.29, 0.717) is 16.5 Å². The topological polar surface area (TPSA) is 52.9 Å². The molecule has 0 saturated carbocycles. The van der Waals surface area contributed by atoms with Gasteiger partial charge in [-0.1, -0.05) is 46.3 Å². The third-order valence-electron chi connectivity index (χ3n) is 4.48. The van der Waals surface area contributed by atoms with E-state index >= 15 is 0 Å². The summed E-state index contributed by atoms with van der Waals surface area (Å²) in [7, 11) is 0. The average Bonchev–Trinajstić information content (AvgIpc) is 2.73. The Bertz CT molecular complexity index is 1230. The molecule has 3 aromatic carbocycles. The van der Waals surface area contributed by atoms with Crippen molar-refractivity contribution in [3.63, 3.8) is 0 Å². The molecule has 3 nitrogen and oxygen atoms in total. The first-order valence-electron chi connectivity index (χ1n) is 9.29. The fourth-order valence-electron chi connectivity index (χ4n) is 2.95. The lowest BCUT2D eigenvalue weighted by molar-refractivity contribution is -0.137. The molecule has 1 amide bonds. The summed E-state index contributed by atoms with van der Waals surface area (Å²) in [6.07, 6.45) is -2.74. The normalized spacial score (nSPS) is 11.7. The van der Waals surface area contributed by atoms with E-state index in [0.717, 1.165) is 23.3 Å². The van der Waals surface area contributed by atoms with Crippen LogP contribution in [-0.2, 0) is 17.4 Å². The average molecular weight is 503 g/mol. The van der Waals surface area contributed by atoms with Crippen molar-refractivity contribution in [2.75, 3.05) is 5.32 Å². The van der Waals surface area contributed by atoms with Crippen molar-refractivity contribution < 1.29 is 22.4 Å². The maximum Gasteiger partial charge on any atom is 0.416 e. The monoisotopic (exact) mass is 502 g/mol. The Labute approximate surface area is 190 Å². The van der Waals surface area contributed by atoms with Crippen molar-refractivity contribution in [2.24, 2.45) is 0 Å². The van der Waals surface area contributed by atoms with E-state index in [9.17, 15) is 27.6 Å². The number of rotatable bonds is 5. The van der Waals surface area contributed by atoms with E-state index in [1.165, 1.54) is 30.3 Å². The van der Waals surface area contributed by atoms with Crippen molar-refractivity contribution >= 4 is 33.6 Å². The lowest BCUT2D eigenvalue weighted by atomic mass is 10.0. The van der Waals surface area contributed by atoms with Gasteiger partial charge in [0, 0.05) is 10.2 Å². The van der Waals surface area contributed by atoms with Gasteiger partial charge in [-0.2, -0.15) is 18.4 Å². The summed E-state index contributed by atoms with van der Waals surface area (Å²) in [5, 5.41) is 11.7. The maximum absolute atomic E-state index is 13.4. The highest BCUT2D eigenvalue weighted by atomic mass is 79.9. The van der Waals surface area contributed by atoms with Gasteiger partial charge >= 0.3 is 6.18 Å². The number of nitrogens with zero attached hydrogens (tertiary/aromatic N) is 1. The maximum atomic E-state index is 13.4. The van der Waals surface area contributed by atoms with Crippen molar-refractivity contribution in [3.05, 3.63) is 105 Å². The number of anilines is 1. The lowest BCUT2D eigenvalue weighted by Gasteiger charge is -2.10. The molecule has 0 bridgehead atoms. The second-order valence-corrected chi connectivity index (χ2v) is 7.71. The Morgan fingerprint density at radius 2 is 1.81 bits per heavy atom. The predicted molar refractivity (Wildman–Crippen MR) is 117 cm³/mol. The molecular formula is C24H15BrF4N2O. The molecule has 32 heavy (non-hydrogen) atoms. The van der Waals surface area contributed by atoms with Crippen molar-refractivity contribution in [1.82, 2.24) is 0 Å². The Hall–Kier alpha value is -3.44.